The first-order chi connectivity index (χ1) is 8.35. The van der Waals surface area contributed by atoms with Crippen LogP contribution in [0.4, 0.5) is 0 Å². The second kappa shape index (κ2) is 6.28. The zero-order valence-electron chi connectivity index (χ0n) is 10.0. The van der Waals surface area contributed by atoms with Crippen LogP contribution in [0.1, 0.15) is 11.8 Å². The van der Waals surface area contributed by atoms with Crippen molar-refractivity contribution in [1.82, 2.24) is 4.72 Å². The number of rotatable bonds is 7. The highest BCUT2D eigenvalue weighted by atomic mass is 32.2. The molecule has 1 atom stereocenters. The predicted octanol–water partition coefficient (Wildman–Crippen LogP) is 0.688. The Labute approximate surface area is 110 Å². The smallest absolute Gasteiger partial charge is 0.308 e. The highest BCUT2D eigenvalue weighted by Crippen LogP contribution is 2.21. The molecule has 1 aromatic heterocycles. The number of nitrogens with one attached hydrogen (secondary N) is 1. The number of methoxy groups -OCH3 is 1. The van der Waals surface area contributed by atoms with Crippen LogP contribution in [-0.2, 0) is 26.0 Å². The van der Waals surface area contributed by atoms with Crippen LogP contribution >= 0.6 is 11.3 Å². The Balaban J connectivity index is 2.73. The van der Waals surface area contributed by atoms with Crippen molar-refractivity contribution in [2.75, 3.05) is 13.7 Å². The lowest BCUT2D eigenvalue weighted by Gasteiger charge is -2.10. The van der Waals surface area contributed by atoms with Crippen molar-refractivity contribution in [3.63, 3.8) is 0 Å². The summed E-state index contributed by atoms with van der Waals surface area (Å²) in [5.74, 6) is -0.984. The molecule has 6 nitrogen and oxygen atoms in total. The molecule has 0 aromatic carbocycles. The fourth-order valence-electron chi connectivity index (χ4n) is 1.13. The second-order valence-corrected chi connectivity index (χ2v) is 6.85. The molecule has 1 rings (SSSR count). The van der Waals surface area contributed by atoms with E-state index in [2.05, 4.69) is 4.72 Å². The maximum absolute atomic E-state index is 11.8. The molecule has 1 unspecified atom stereocenters. The van der Waals surface area contributed by atoms with Crippen LogP contribution in [0.15, 0.2) is 16.3 Å². The van der Waals surface area contributed by atoms with Crippen LogP contribution in [0.25, 0.3) is 0 Å². The van der Waals surface area contributed by atoms with Gasteiger partial charge in [0.15, 0.2) is 0 Å². The van der Waals surface area contributed by atoms with Gasteiger partial charge in [-0.05, 0) is 19.1 Å². The van der Waals surface area contributed by atoms with Crippen LogP contribution in [0.3, 0.4) is 0 Å². The quantitative estimate of drug-likeness (QED) is 0.771. The van der Waals surface area contributed by atoms with Gasteiger partial charge in [0.2, 0.25) is 10.0 Å². The van der Waals surface area contributed by atoms with E-state index in [-0.39, 0.29) is 23.3 Å². The molecule has 1 aromatic rings. The van der Waals surface area contributed by atoms with Gasteiger partial charge in [0.05, 0.1) is 12.5 Å². The molecule has 8 heteroatoms. The number of carboxylic acid groups (broad SMARTS) is 1. The van der Waals surface area contributed by atoms with Crippen molar-refractivity contribution in [3.8, 4) is 0 Å². The molecule has 0 radical (unpaired) electrons. The van der Waals surface area contributed by atoms with E-state index in [9.17, 15) is 13.2 Å². The molecule has 0 bridgehead atoms. The maximum Gasteiger partial charge on any atom is 0.308 e. The van der Waals surface area contributed by atoms with Gasteiger partial charge in [-0.15, -0.1) is 11.3 Å². The summed E-state index contributed by atoms with van der Waals surface area (Å²) in [6.07, 6.45) is -0.396. The van der Waals surface area contributed by atoms with E-state index in [4.69, 9.17) is 9.84 Å². The third-order valence-corrected chi connectivity index (χ3v) is 5.19. The Morgan fingerprint density at radius 2 is 2.22 bits per heavy atom. The van der Waals surface area contributed by atoms with E-state index in [0.29, 0.717) is 4.88 Å². The number of aliphatic carboxylic acids is 1. The molecular weight excluding hydrogens is 278 g/mol. The minimum absolute atomic E-state index is 0.113. The minimum atomic E-state index is -3.58. The average molecular weight is 293 g/mol. The van der Waals surface area contributed by atoms with Crippen molar-refractivity contribution in [3.05, 3.63) is 17.0 Å². The van der Waals surface area contributed by atoms with Gasteiger partial charge in [-0.3, -0.25) is 4.79 Å². The number of hydrogen-bond donors (Lipinski definition) is 2. The topological polar surface area (TPSA) is 92.7 Å². The highest BCUT2D eigenvalue weighted by Gasteiger charge is 2.18. The van der Waals surface area contributed by atoms with Crippen LogP contribution in [0.5, 0.6) is 0 Å². The zero-order chi connectivity index (χ0) is 13.8. The Bertz CT molecular complexity index is 508. The summed E-state index contributed by atoms with van der Waals surface area (Å²) in [4.78, 5) is 11.0. The summed E-state index contributed by atoms with van der Waals surface area (Å²) >= 11 is 0.955. The fourth-order valence-corrected chi connectivity index (χ4v) is 3.63. The lowest BCUT2D eigenvalue weighted by molar-refractivity contribution is -0.136. The minimum Gasteiger partial charge on any atom is -0.481 e. The van der Waals surface area contributed by atoms with E-state index in [1.165, 1.54) is 19.2 Å². The Hall–Kier alpha value is -0.960. The van der Waals surface area contributed by atoms with Gasteiger partial charge in [-0.1, -0.05) is 0 Å². The van der Waals surface area contributed by atoms with E-state index in [1.807, 2.05) is 0 Å². The van der Waals surface area contributed by atoms with Crippen LogP contribution in [0, 0.1) is 0 Å². The molecule has 0 aliphatic heterocycles. The molecular formula is C10H15NO5S2. The van der Waals surface area contributed by atoms with Gasteiger partial charge in [0.25, 0.3) is 0 Å². The fraction of sp³-hybridized carbons (Fsp3) is 0.500. The Morgan fingerprint density at radius 1 is 1.56 bits per heavy atom. The molecule has 0 aliphatic carbocycles. The average Bonchev–Trinajstić information content (AvgIpc) is 2.74. The number of carboxylic acids is 1. The molecule has 0 aliphatic rings. The first-order valence-electron chi connectivity index (χ1n) is 5.18. The van der Waals surface area contributed by atoms with Crippen LogP contribution in [0.2, 0.25) is 0 Å². The van der Waals surface area contributed by atoms with Gasteiger partial charge in [-0.25, -0.2) is 13.1 Å². The van der Waals surface area contributed by atoms with E-state index in [1.54, 1.807) is 6.92 Å². The van der Waals surface area contributed by atoms with Gasteiger partial charge in [-0.2, -0.15) is 0 Å². The Morgan fingerprint density at radius 3 is 2.78 bits per heavy atom. The Kier molecular flexibility index (Phi) is 5.27. The third-order valence-electron chi connectivity index (χ3n) is 2.19. The monoisotopic (exact) mass is 293 g/mol. The second-order valence-electron chi connectivity index (χ2n) is 3.69. The first kappa shape index (κ1) is 15.1. The molecule has 102 valence electrons. The number of hydrogen-bond acceptors (Lipinski definition) is 5. The zero-order valence-corrected chi connectivity index (χ0v) is 11.7. The molecule has 0 spiro atoms. The maximum atomic E-state index is 11.8. The summed E-state index contributed by atoms with van der Waals surface area (Å²) in [5.41, 5.74) is 0. The lowest BCUT2D eigenvalue weighted by atomic mass is 10.3. The highest BCUT2D eigenvalue weighted by molar-refractivity contribution is 7.91. The number of ether oxygens (including phenoxy) is 1. The van der Waals surface area contributed by atoms with E-state index in [0.717, 1.165) is 11.3 Å². The van der Waals surface area contributed by atoms with Crippen molar-refractivity contribution in [2.24, 2.45) is 0 Å². The summed E-state index contributed by atoms with van der Waals surface area (Å²) in [7, 11) is -2.09. The number of sulfonamides is 1. The SMILES string of the molecule is COC(C)CNS(=O)(=O)c1ccc(CC(=O)O)s1. The summed E-state index contributed by atoms with van der Waals surface area (Å²) in [5, 5.41) is 8.61. The molecule has 0 amide bonds. The first-order valence-corrected chi connectivity index (χ1v) is 7.48. The van der Waals surface area contributed by atoms with Gasteiger partial charge < -0.3 is 9.84 Å². The summed E-state index contributed by atoms with van der Waals surface area (Å²) in [6, 6.07) is 2.91. The standard InChI is InChI=1S/C10H15NO5S2/c1-7(16-2)6-11-18(14,15)10-4-3-8(17-10)5-9(12)13/h3-4,7,11H,5-6H2,1-2H3,(H,12,13). The summed E-state index contributed by atoms with van der Waals surface area (Å²) < 4.78 is 31.1. The largest absolute Gasteiger partial charge is 0.481 e. The molecule has 0 saturated heterocycles. The molecule has 2 N–H and O–H groups in total. The lowest BCUT2D eigenvalue weighted by Crippen LogP contribution is -2.31. The van der Waals surface area contributed by atoms with Gasteiger partial charge in [0.1, 0.15) is 4.21 Å². The van der Waals surface area contributed by atoms with Crippen molar-refractivity contribution in [1.29, 1.82) is 0 Å². The van der Waals surface area contributed by atoms with E-state index < -0.39 is 16.0 Å². The molecule has 0 fully saturated rings. The van der Waals surface area contributed by atoms with Crippen LogP contribution in [-0.4, -0.2) is 39.3 Å². The predicted molar refractivity (Wildman–Crippen MR) is 67.3 cm³/mol. The van der Waals surface area contributed by atoms with Gasteiger partial charge >= 0.3 is 5.97 Å². The normalized spacial score (nSPS) is 13.4. The molecule has 1 heterocycles. The summed E-state index contributed by atoms with van der Waals surface area (Å²) in [6.45, 7) is 1.91. The van der Waals surface area contributed by atoms with Gasteiger partial charge in [0, 0.05) is 18.5 Å². The number of thiophene rings is 1. The molecule has 18 heavy (non-hydrogen) atoms. The number of carbonyl (C=O) groups is 1. The van der Waals surface area contributed by atoms with Crippen molar-refractivity contribution < 1.29 is 23.1 Å². The molecule has 0 saturated carbocycles. The van der Waals surface area contributed by atoms with Crippen molar-refractivity contribution >= 4 is 27.3 Å². The third kappa shape index (κ3) is 4.37. The van der Waals surface area contributed by atoms with Crippen molar-refractivity contribution in [2.45, 2.75) is 23.7 Å². The van der Waals surface area contributed by atoms with E-state index >= 15 is 0 Å². The van der Waals surface area contributed by atoms with Crippen LogP contribution < -0.4 is 4.72 Å².